The fourth-order valence-electron chi connectivity index (χ4n) is 0.637. The third-order valence-electron chi connectivity index (χ3n) is 1.22. The van der Waals surface area contributed by atoms with Gasteiger partial charge >= 0.3 is 8.26 Å². The lowest BCUT2D eigenvalue weighted by atomic mass is 10.2. The Kier molecular flexibility index (Phi) is 5.37. The van der Waals surface area contributed by atoms with Crippen molar-refractivity contribution in [2.45, 2.75) is 13.8 Å². The van der Waals surface area contributed by atoms with Crippen LogP contribution in [-0.4, -0.2) is 8.42 Å². The van der Waals surface area contributed by atoms with Gasteiger partial charge in [0.2, 0.25) is 0 Å². The van der Waals surface area contributed by atoms with Gasteiger partial charge in [-0.15, -0.1) is 0 Å². The quantitative estimate of drug-likeness (QED) is 0.654. The number of halogens is 2. The zero-order valence-corrected chi connectivity index (χ0v) is 9.62. The maximum atomic E-state index is 9.16. The summed E-state index contributed by atoms with van der Waals surface area (Å²) < 4.78 is 18.3. The third-order valence-corrected chi connectivity index (χ3v) is 1.22. The van der Waals surface area contributed by atoms with Crippen molar-refractivity contribution in [1.82, 2.24) is 0 Å². The van der Waals surface area contributed by atoms with Crippen LogP contribution in [0, 0.1) is 13.8 Å². The SMILES string of the molecule is Cc1ccc(C)cc1.O=S(=O)(Cl)Cl. The van der Waals surface area contributed by atoms with Crippen molar-refractivity contribution in [2.75, 3.05) is 0 Å². The van der Waals surface area contributed by atoms with Gasteiger partial charge in [-0.25, -0.2) is 0 Å². The van der Waals surface area contributed by atoms with Gasteiger partial charge in [0.1, 0.15) is 0 Å². The van der Waals surface area contributed by atoms with Crippen LogP contribution < -0.4 is 0 Å². The standard InChI is InChI=1S/C8H10.Cl2O2S/c1-7-3-5-8(2)6-4-7;1-5(2,3)4/h3-6H,1-2H3;. The fourth-order valence-corrected chi connectivity index (χ4v) is 0.637. The minimum Gasteiger partial charge on any atom is -0.195 e. The van der Waals surface area contributed by atoms with E-state index in [4.69, 9.17) is 8.42 Å². The molecule has 13 heavy (non-hydrogen) atoms. The summed E-state index contributed by atoms with van der Waals surface area (Å²) in [6.45, 7) is 4.19. The molecule has 0 fully saturated rings. The Morgan fingerprint density at radius 2 is 1.08 bits per heavy atom. The number of aryl methyl sites for hydroxylation is 2. The lowest BCUT2D eigenvalue weighted by Gasteiger charge is -1.90. The van der Waals surface area contributed by atoms with Crippen molar-refractivity contribution in [3.63, 3.8) is 0 Å². The maximum absolute atomic E-state index is 9.16. The maximum Gasteiger partial charge on any atom is 0.317 e. The molecule has 0 aliphatic rings. The number of rotatable bonds is 0. The van der Waals surface area contributed by atoms with E-state index in [1.165, 1.54) is 11.1 Å². The van der Waals surface area contributed by atoms with E-state index >= 15 is 0 Å². The molecule has 0 unspecified atom stereocenters. The van der Waals surface area contributed by atoms with E-state index in [0.717, 1.165) is 0 Å². The van der Waals surface area contributed by atoms with Crippen molar-refractivity contribution in [1.29, 1.82) is 0 Å². The molecule has 1 aromatic rings. The van der Waals surface area contributed by atoms with Crippen LogP contribution in [0.4, 0.5) is 0 Å². The second-order valence-corrected chi connectivity index (χ2v) is 6.20. The zero-order chi connectivity index (χ0) is 10.5. The van der Waals surface area contributed by atoms with E-state index in [2.05, 4.69) is 59.5 Å². The topological polar surface area (TPSA) is 34.1 Å². The van der Waals surface area contributed by atoms with Crippen molar-refractivity contribution in [3.05, 3.63) is 35.4 Å². The first-order valence-corrected chi connectivity index (χ1v) is 6.60. The summed E-state index contributed by atoms with van der Waals surface area (Å²) in [5.41, 5.74) is 2.66. The molecule has 0 aromatic heterocycles. The van der Waals surface area contributed by atoms with Crippen LogP contribution in [0.3, 0.4) is 0 Å². The molecule has 0 saturated carbocycles. The van der Waals surface area contributed by atoms with E-state index in [1.807, 2.05) is 0 Å². The summed E-state index contributed by atoms with van der Waals surface area (Å²) in [5.74, 6) is 0. The van der Waals surface area contributed by atoms with Gasteiger partial charge in [0.05, 0.1) is 0 Å². The van der Waals surface area contributed by atoms with Crippen molar-refractivity contribution in [2.24, 2.45) is 0 Å². The van der Waals surface area contributed by atoms with Gasteiger partial charge in [-0.2, -0.15) is 8.42 Å². The van der Waals surface area contributed by atoms with E-state index in [0.29, 0.717) is 0 Å². The molecule has 0 saturated heterocycles. The first-order valence-electron chi connectivity index (χ1n) is 3.46. The average Bonchev–Trinajstić information content (AvgIpc) is 1.92. The largest absolute Gasteiger partial charge is 0.317 e. The van der Waals surface area contributed by atoms with Crippen molar-refractivity contribution >= 4 is 29.6 Å². The smallest absolute Gasteiger partial charge is 0.195 e. The van der Waals surface area contributed by atoms with Crippen LogP contribution in [0.2, 0.25) is 0 Å². The average molecular weight is 241 g/mol. The molecule has 5 heteroatoms. The van der Waals surface area contributed by atoms with Gasteiger partial charge in [0.25, 0.3) is 0 Å². The van der Waals surface area contributed by atoms with E-state index in [9.17, 15) is 0 Å². The molecule has 0 radical (unpaired) electrons. The van der Waals surface area contributed by atoms with Crippen LogP contribution >= 0.6 is 21.4 Å². The molecule has 1 aromatic carbocycles. The minimum atomic E-state index is -3.72. The first kappa shape index (κ1) is 12.8. The molecule has 0 spiro atoms. The third kappa shape index (κ3) is 11.8. The second-order valence-electron chi connectivity index (χ2n) is 2.53. The molecule has 0 aliphatic heterocycles. The summed E-state index contributed by atoms with van der Waals surface area (Å²) in [6.07, 6.45) is 0. The minimum absolute atomic E-state index is 1.33. The Hall–Kier alpha value is -0.250. The Morgan fingerprint density at radius 3 is 1.23 bits per heavy atom. The molecule has 0 aliphatic carbocycles. The van der Waals surface area contributed by atoms with Crippen LogP contribution in [0.5, 0.6) is 0 Å². The van der Waals surface area contributed by atoms with Crippen LogP contribution in [0.15, 0.2) is 24.3 Å². The van der Waals surface area contributed by atoms with E-state index < -0.39 is 8.26 Å². The number of benzene rings is 1. The normalized spacial score (nSPS) is 10.2. The number of hydrogen-bond acceptors (Lipinski definition) is 2. The molecule has 0 bridgehead atoms. The summed E-state index contributed by atoms with van der Waals surface area (Å²) in [5, 5.41) is 0. The van der Waals surface area contributed by atoms with Crippen molar-refractivity contribution in [3.8, 4) is 0 Å². The fraction of sp³-hybridized carbons (Fsp3) is 0.250. The number of hydrogen-bond donors (Lipinski definition) is 0. The molecule has 0 heterocycles. The molecule has 74 valence electrons. The summed E-state index contributed by atoms with van der Waals surface area (Å²) in [4.78, 5) is 0. The highest BCUT2D eigenvalue weighted by atomic mass is 36.0. The van der Waals surface area contributed by atoms with Gasteiger partial charge in [0, 0.05) is 21.4 Å². The molecule has 0 atom stereocenters. The molecule has 2 nitrogen and oxygen atoms in total. The molecular weight excluding hydrogens is 231 g/mol. The van der Waals surface area contributed by atoms with Crippen LogP contribution in [-0.2, 0) is 8.26 Å². The molecule has 0 amide bonds. The van der Waals surface area contributed by atoms with Gasteiger partial charge in [-0.1, -0.05) is 35.4 Å². The van der Waals surface area contributed by atoms with Gasteiger partial charge in [0.15, 0.2) is 0 Å². The van der Waals surface area contributed by atoms with Gasteiger partial charge in [-0.05, 0) is 13.8 Å². The van der Waals surface area contributed by atoms with Crippen molar-refractivity contribution < 1.29 is 8.42 Å². The summed E-state index contributed by atoms with van der Waals surface area (Å²) >= 11 is 0. The van der Waals surface area contributed by atoms with Gasteiger partial charge in [-0.3, -0.25) is 0 Å². The van der Waals surface area contributed by atoms with Gasteiger partial charge < -0.3 is 0 Å². The predicted molar refractivity (Wildman–Crippen MR) is 56.5 cm³/mol. The Bertz CT molecular complexity index is 314. The highest BCUT2D eigenvalue weighted by Crippen LogP contribution is 1.99. The monoisotopic (exact) mass is 240 g/mol. The molecule has 0 N–H and O–H groups in total. The highest BCUT2D eigenvalue weighted by Gasteiger charge is 1.88. The predicted octanol–water partition coefficient (Wildman–Crippen LogP) is 3.01. The lowest BCUT2D eigenvalue weighted by Crippen LogP contribution is -1.70. The van der Waals surface area contributed by atoms with Crippen LogP contribution in [0.25, 0.3) is 0 Å². The van der Waals surface area contributed by atoms with Crippen LogP contribution in [0.1, 0.15) is 11.1 Å². The van der Waals surface area contributed by atoms with E-state index in [-0.39, 0.29) is 0 Å². The second kappa shape index (κ2) is 5.47. The highest BCUT2D eigenvalue weighted by molar-refractivity contribution is 8.31. The lowest BCUT2D eigenvalue weighted by molar-refractivity contribution is 0.621. The molecular formula is C8H10Cl2O2S. The summed E-state index contributed by atoms with van der Waals surface area (Å²) in [6, 6.07) is 8.48. The molecule has 1 rings (SSSR count). The Balaban J connectivity index is 0.000000252. The zero-order valence-electron chi connectivity index (χ0n) is 7.29. The Labute approximate surface area is 87.4 Å². The first-order chi connectivity index (χ1) is 5.79. The summed E-state index contributed by atoms with van der Waals surface area (Å²) in [7, 11) is 4.81. The Morgan fingerprint density at radius 1 is 0.923 bits per heavy atom. The van der Waals surface area contributed by atoms with E-state index in [1.54, 1.807) is 0 Å².